The molecule has 26 heavy (non-hydrogen) atoms. The second kappa shape index (κ2) is 7.34. The summed E-state index contributed by atoms with van der Waals surface area (Å²) in [6, 6.07) is 7.93. The molecule has 1 aromatic carbocycles. The second-order valence-electron chi connectivity index (χ2n) is 5.91. The lowest BCUT2D eigenvalue weighted by molar-refractivity contribution is -0.132. The number of hydrogen-bond donors (Lipinski definition) is 1. The molecule has 6 nitrogen and oxygen atoms in total. The number of nitrogens with one attached hydrogen (secondary N) is 1. The zero-order chi connectivity index (χ0) is 18.9. The van der Waals surface area contributed by atoms with Gasteiger partial charge in [0.1, 0.15) is 10.4 Å². The molecule has 0 spiro atoms. The predicted octanol–water partition coefficient (Wildman–Crippen LogP) is 1.70. The fourth-order valence-electron chi connectivity index (χ4n) is 2.60. The van der Waals surface area contributed by atoms with E-state index < -0.39 is 27.8 Å². The van der Waals surface area contributed by atoms with Crippen LogP contribution in [0.5, 0.6) is 0 Å². The molecular formula is C17H16N2O4S3. The number of carbonyl (C=O) groups excluding carboxylic acids is 2. The molecule has 0 radical (unpaired) electrons. The van der Waals surface area contributed by atoms with Crippen molar-refractivity contribution in [3.8, 4) is 0 Å². The smallest absolute Gasteiger partial charge is 0.266 e. The number of benzene rings is 1. The summed E-state index contributed by atoms with van der Waals surface area (Å²) in [6.45, 7) is 1.57. The first-order valence-corrected chi connectivity index (χ1v) is 10.7. The average Bonchev–Trinajstić information content (AvgIpc) is 3.06. The monoisotopic (exact) mass is 408 g/mol. The topological polar surface area (TPSA) is 83.6 Å². The zero-order valence-electron chi connectivity index (χ0n) is 13.8. The van der Waals surface area contributed by atoms with Gasteiger partial charge in [0.05, 0.1) is 16.7 Å². The molecule has 2 atom stereocenters. The van der Waals surface area contributed by atoms with Crippen LogP contribution in [0.4, 0.5) is 0 Å². The lowest BCUT2D eigenvalue weighted by Gasteiger charge is -2.23. The fraction of sp³-hybridized carbons (Fsp3) is 0.235. The number of carbonyl (C=O) groups is 2. The Labute approximate surface area is 161 Å². The van der Waals surface area contributed by atoms with Gasteiger partial charge in [0.15, 0.2) is 9.84 Å². The quantitative estimate of drug-likeness (QED) is 0.603. The molecule has 2 heterocycles. The van der Waals surface area contributed by atoms with Gasteiger partial charge >= 0.3 is 0 Å². The number of thiocarbonyl (C=S) groups is 1. The van der Waals surface area contributed by atoms with Crippen LogP contribution in [0.1, 0.15) is 12.5 Å². The van der Waals surface area contributed by atoms with E-state index in [2.05, 4.69) is 5.32 Å². The molecule has 0 saturated carbocycles. The molecule has 1 fully saturated rings. The first kappa shape index (κ1) is 18.8. The van der Waals surface area contributed by atoms with Crippen molar-refractivity contribution in [3.63, 3.8) is 0 Å². The number of nitrogens with zero attached hydrogens (tertiary/aromatic N) is 1. The van der Waals surface area contributed by atoms with Crippen LogP contribution < -0.4 is 5.32 Å². The van der Waals surface area contributed by atoms with Gasteiger partial charge in [-0.1, -0.05) is 54.3 Å². The van der Waals surface area contributed by atoms with Crippen molar-refractivity contribution in [1.29, 1.82) is 0 Å². The highest BCUT2D eigenvalue weighted by molar-refractivity contribution is 8.26. The summed E-state index contributed by atoms with van der Waals surface area (Å²) >= 11 is 6.41. The molecule has 2 aliphatic heterocycles. The van der Waals surface area contributed by atoms with Crippen LogP contribution in [-0.2, 0) is 19.4 Å². The van der Waals surface area contributed by atoms with Crippen LogP contribution >= 0.6 is 24.0 Å². The van der Waals surface area contributed by atoms with Gasteiger partial charge < -0.3 is 5.32 Å². The molecular weight excluding hydrogens is 392 g/mol. The Balaban J connectivity index is 1.71. The SMILES string of the molecule is C[C@H](C(=O)N[C@@H]1C=CS(=O)(=O)C1)N1C(=O)/C(=C\c2ccccc2)SC1=S. The van der Waals surface area contributed by atoms with Gasteiger partial charge in [-0.25, -0.2) is 8.42 Å². The van der Waals surface area contributed by atoms with Crippen molar-refractivity contribution in [1.82, 2.24) is 10.2 Å². The van der Waals surface area contributed by atoms with E-state index in [4.69, 9.17) is 12.2 Å². The van der Waals surface area contributed by atoms with Crippen molar-refractivity contribution in [2.24, 2.45) is 0 Å². The summed E-state index contributed by atoms with van der Waals surface area (Å²) in [6.07, 6.45) is 3.16. The van der Waals surface area contributed by atoms with Gasteiger partial charge in [-0.05, 0) is 24.6 Å². The van der Waals surface area contributed by atoms with Crippen molar-refractivity contribution >= 4 is 56.0 Å². The Bertz CT molecular complexity index is 923. The van der Waals surface area contributed by atoms with Crippen LogP contribution in [0.3, 0.4) is 0 Å². The molecule has 0 aliphatic carbocycles. The Kier molecular flexibility index (Phi) is 5.31. The van der Waals surface area contributed by atoms with Crippen molar-refractivity contribution < 1.29 is 18.0 Å². The minimum atomic E-state index is -3.27. The number of rotatable bonds is 4. The Morgan fingerprint density at radius 3 is 2.69 bits per heavy atom. The van der Waals surface area contributed by atoms with Crippen LogP contribution in [0.15, 0.2) is 46.7 Å². The number of hydrogen-bond acceptors (Lipinski definition) is 6. The number of thioether (sulfide) groups is 1. The first-order chi connectivity index (χ1) is 12.3. The largest absolute Gasteiger partial charge is 0.347 e. The third kappa shape index (κ3) is 4.05. The highest BCUT2D eigenvalue weighted by atomic mass is 32.2. The van der Waals surface area contributed by atoms with Crippen molar-refractivity contribution in [3.05, 3.63) is 52.3 Å². The molecule has 0 aromatic heterocycles. The maximum Gasteiger partial charge on any atom is 0.266 e. The molecule has 136 valence electrons. The summed E-state index contributed by atoms with van der Waals surface area (Å²) in [5.41, 5.74) is 0.867. The lowest BCUT2D eigenvalue weighted by atomic mass is 10.2. The van der Waals surface area contributed by atoms with Gasteiger partial charge in [0, 0.05) is 5.41 Å². The minimum absolute atomic E-state index is 0.169. The zero-order valence-corrected chi connectivity index (χ0v) is 16.2. The van der Waals surface area contributed by atoms with E-state index in [0.29, 0.717) is 9.23 Å². The van der Waals surface area contributed by atoms with Crippen LogP contribution in [0.25, 0.3) is 6.08 Å². The van der Waals surface area contributed by atoms with E-state index >= 15 is 0 Å². The first-order valence-electron chi connectivity index (χ1n) is 7.80. The fourth-order valence-corrected chi connectivity index (χ4v) is 5.25. The van der Waals surface area contributed by atoms with E-state index in [1.807, 2.05) is 30.3 Å². The summed E-state index contributed by atoms with van der Waals surface area (Å²) in [4.78, 5) is 26.8. The van der Waals surface area contributed by atoms with Gasteiger partial charge in [-0.2, -0.15) is 0 Å². The molecule has 2 amide bonds. The van der Waals surface area contributed by atoms with E-state index in [1.54, 1.807) is 13.0 Å². The molecule has 1 aromatic rings. The highest BCUT2D eigenvalue weighted by Gasteiger charge is 2.38. The molecule has 1 saturated heterocycles. The summed E-state index contributed by atoms with van der Waals surface area (Å²) < 4.78 is 23.2. The van der Waals surface area contributed by atoms with E-state index in [9.17, 15) is 18.0 Å². The van der Waals surface area contributed by atoms with Gasteiger partial charge in [-0.3, -0.25) is 14.5 Å². The van der Waals surface area contributed by atoms with Gasteiger partial charge in [-0.15, -0.1) is 0 Å². The summed E-state index contributed by atoms with van der Waals surface area (Å²) in [7, 11) is -3.27. The Morgan fingerprint density at radius 2 is 2.08 bits per heavy atom. The lowest BCUT2D eigenvalue weighted by Crippen LogP contribution is -2.49. The predicted molar refractivity (Wildman–Crippen MR) is 106 cm³/mol. The number of sulfone groups is 1. The van der Waals surface area contributed by atoms with E-state index in [1.165, 1.54) is 11.0 Å². The number of amides is 2. The van der Waals surface area contributed by atoms with Crippen LogP contribution in [-0.4, -0.2) is 47.3 Å². The second-order valence-corrected chi connectivity index (χ2v) is 9.52. The summed E-state index contributed by atoms with van der Waals surface area (Å²) in [5, 5.41) is 3.72. The Hall–Kier alpha value is -1.97. The van der Waals surface area contributed by atoms with Crippen LogP contribution in [0, 0.1) is 0 Å². The van der Waals surface area contributed by atoms with E-state index in [-0.39, 0.29) is 11.7 Å². The molecule has 9 heteroatoms. The summed E-state index contributed by atoms with van der Waals surface area (Å²) in [5.74, 6) is -0.951. The Morgan fingerprint density at radius 1 is 1.38 bits per heavy atom. The standard InChI is InChI=1S/C17H16N2O4S3/c1-11(15(20)18-13-7-8-26(22,23)10-13)19-16(21)14(25-17(19)24)9-12-5-3-2-4-6-12/h2-9,11,13H,10H2,1H3,(H,18,20)/b14-9+/t11-,13-/m1/s1. The van der Waals surface area contributed by atoms with Gasteiger partial charge in [0.2, 0.25) is 5.91 Å². The van der Waals surface area contributed by atoms with Crippen LogP contribution in [0.2, 0.25) is 0 Å². The van der Waals surface area contributed by atoms with E-state index in [0.717, 1.165) is 22.7 Å². The highest BCUT2D eigenvalue weighted by Crippen LogP contribution is 2.34. The van der Waals surface area contributed by atoms with Crippen molar-refractivity contribution in [2.75, 3.05) is 5.75 Å². The molecule has 3 rings (SSSR count). The normalized spacial score (nSPS) is 24.3. The van der Waals surface area contributed by atoms with Crippen molar-refractivity contribution in [2.45, 2.75) is 19.0 Å². The molecule has 2 aliphatic rings. The molecule has 1 N–H and O–H groups in total. The maximum atomic E-state index is 12.7. The maximum absolute atomic E-state index is 12.7. The third-order valence-electron chi connectivity index (χ3n) is 3.95. The molecule has 0 unspecified atom stereocenters. The van der Waals surface area contributed by atoms with Gasteiger partial charge in [0.25, 0.3) is 5.91 Å². The minimum Gasteiger partial charge on any atom is -0.347 e. The third-order valence-corrected chi connectivity index (χ3v) is 6.67. The molecule has 0 bridgehead atoms. The average molecular weight is 409 g/mol.